The Labute approximate surface area is 342 Å². The Morgan fingerprint density at radius 2 is 1.02 bits per heavy atom. The first-order chi connectivity index (χ1) is 29.1. The lowest BCUT2D eigenvalue weighted by molar-refractivity contribution is 0.0950. The first-order valence-electron chi connectivity index (χ1n) is 19.4. The summed E-state index contributed by atoms with van der Waals surface area (Å²) in [6.45, 7) is -1.40. The Kier molecular flexibility index (Phi) is 12.4. The van der Waals surface area contributed by atoms with Crippen molar-refractivity contribution < 1.29 is 32.1 Å². The zero-order chi connectivity index (χ0) is 45.6. The van der Waals surface area contributed by atoms with E-state index < -0.39 is 31.8 Å². The molecule has 0 unspecified atom stereocenters. The highest BCUT2D eigenvalue weighted by molar-refractivity contribution is 6.31. The van der Waals surface area contributed by atoms with Crippen LogP contribution in [0.2, 0.25) is 10.0 Å². The molecule has 0 bridgehead atoms. The number of rotatable bonds is 8. The van der Waals surface area contributed by atoms with Gasteiger partial charge in [-0.15, -0.1) is 0 Å². The number of aromatic nitrogens is 2. The Balaban J connectivity index is 0.000000239. The summed E-state index contributed by atoms with van der Waals surface area (Å²) >= 11 is 11.7. The average molecular weight is 802 g/mol. The van der Waals surface area contributed by atoms with Gasteiger partial charge in [-0.25, -0.2) is 4.79 Å². The summed E-state index contributed by atoms with van der Waals surface area (Å²) in [6, 6.07) is 29.2. The van der Waals surface area contributed by atoms with Crippen LogP contribution in [0, 0.1) is 13.8 Å². The molecule has 0 saturated carbocycles. The molecule has 0 aliphatic rings. The lowest BCUT2D eigenvalue weighted by atomic mass is 10.2. The van der Waals surface area contributed by atoms with Gasteiger partial charge in [0, 0.05) is 79.5 Å². The Hall–Kier alpha value is -6.83. The quantitative estimate of drug-likeness (QED) is 0.0815. The van der Waals surface area contributed by atoms with E-state index in [4.69, 9.17) is 52.4 Å². The number of halogens is 2. The highest BCUT2D eigenvalue weighted by atomic mass is 35.5. The summed E-state index contributed by atoms with van der Waals surface area (Å²) in [7, 11) is 0. The second-order valence-corrected chi connectivity index (χ2v) is 12.3. The number of urea groups is 1. The van der Waals surface area contributed by atoms with Gasteiger partial charge in [0.25, 0.3) is 11.8 Å². The van der Waals surface area contributed by atoms with E-state index in [0.29, 0.717) is 45.1 Å². The van der Waals surface area contributed by atoms with Crippen LogP contribution in [-0.4, -0.2) is 41.8 Å². The smallest absolute Gasteiger partial charge is 0.323 e. The number of anilines is 4. The van der Waals surface area contributed by atoms with Gasteiger partial charge < -0.3 is 42.2 Å². The van der Waals surface area contributed by atoms with Crippen LogP contribution in [0.25, 0.3) is 0 Å². The van der Waals surface area contributed by atoms with Crippen LogP contribution >= 0.6 is 23.2 Å². The predicted octanol–water partition coefficient (Wildman–Crippen LogP) is 8.89. The number of nitrogens with one attached hydrogen (secondary N) is 4. The number of nitrogens with zero attached hydrogens (tertiary/aromatic N) is 2. The van der Waals surface area contributed by atoms with Crippen molar-refractivity contribution in [3.63, 3.8) is 0 Å². The number of pyridine rings is 2. The Morgan fingerprint density at radius 1 is 0.571 bits per heavy atom. The first kappa shape index (κ1) is 33.7. The van der Waals surface area contributed by atoms with Gasteiger partial charge in [0.05, 0.1) is 0 Å². The molecule has 0 radical (unpaired) electrons. The molecule has 8 N–H and O–H groups in total. The van der Waals surface area contributed by atoms with Gasteiger partial charge >= 0.3 is 6.03 Å². The van der Waals surface area contributed by atoms with Crippen molar-refractivity contribution in [1.82, 2.24) is 20.6 Å². The summed E-state index contributed by atoms with van der Waals surface area (Å²) in [6.07, 6.45) is 2.70. The molecule has 2 heterocycles. The number of carbonyl (C=O) groups excluding carboxylic acids is 3. The molecule has 0 saturated heterocycles. The summed E-state index contributed by atoms with van der Waals surface area (Å²) in [5.74, 6) is 0.0163. The van der Waals surface area contributed by atoms with E-state index in [1.54, 1.807) is 84.9 Å². The van der Waals surface area contributed by atoms with Crippen molar-refractivity contribution in [3.05, 3.63) is 154 Å². The molecule has 4 aromatic carbocycles. The van der Waals surface area contributed by atoms with Gasteiger partial charge in [-0.1, -0.05) is 23.2 Å². The van der Waals surface area contributed by atoms with Gasteiger partial charge in [0.1, 0.15) is 34.4 Å². The molecule has 0 atom stereocenters. The molecule has 56 heavy (non-hydrogen) atoms. The SMILES string of the molecule is Cc1cc(N)ccc1Cl.[2H]C([2H])([2H])NC(=O)c1cc(Oc2ccc(N)cc2)ccn1.[2H]C([2H])([2H])NC(=O)c1cc(Oc2ccc(NC(=O)Nc3ccc(Cl)c(C)c3)cc2)ccn1. The van der Waals surface area contributed by atoms with E-state index in [2.05, 4.69) is 20.6 Å². The number of benzene rings is 4. The molecule has 15 heteroatoms. The summed E-state index contributed by atoms with van der Waals surface area (Å²) in [5.41, 5.74) is 15.3. The van der Waals surface area contributed by atoms with Gasteiger partial charge in [-0.3, -0.25) is 19.6 Å². The van der Waals surface area contributed by atoms with Gasteiger partial charge in [-0.2, -0.15) is 0 Å². The fourth-order valence-corrected chi connectivity index (χ4v) is 4.66. The van der Waals surface area contributed by atoms with Crippen LogP contribution < -0.4 is 42.2 Å². The van der Waals surface area contributed by atoms with Crippen molar-refractivity contribution in [2.45, 2.75) is 13.8 Å². The molecule has 6 rings (SSSR count). The molecule has 13 nitrogen and oxygen atoms in total. The van der Waals surface area contributed by atoms with Crippen LogP contribution in [0.1, 0.15) is 40.3 Å². The van der Waals surface area contributed by atoms with Crippen LogP contribution in [-0.2, 0) is 0 Å². The number of hydrogen-bond donors (Lipinski definition) is 6. The van der Waals surface area contributed by atoms with Crippen LogP contribution in [0.4, 0.5) is 27.5 Å². The standard InChI is InChI=1S/C21H19ClN4O3.C13H13N3O2.C7H8ClN/c1-13-11-15(5-8-18(13)22)26-21(28)25-14-3-6-16(7-4-14)29-17-9-10-24-19(12-17)20(27)23-2;1-15-13(17)12-8-11(6-7-16-12)18-10-4-2-9(14)3-5-10;1-5-4-6(9)2-3-7(5)8/h3-12H,1-2H3,(H,23,27)(H2,25,26,28);2-8H,14H2,1H3,(H,15,17);2-4H,9H2,1H3/i2D3;1D3;. The molecule has 0 aliphatic carbocycles. The first-order valence-corrected chi connectivity index (χ1v) is 17.1. The number of ether oxygens (including phenoxy) is 2. The van der Waals surface area contributed by atoms with Crippen LogP contribution in [0.3, 0.4) is 0 Å². The number of hydrogen-bond acceptors (Lipinski definition) is 9. The average Bonchev–Trinajstić information content (AvgIpc) is 3.19. The molecule has 288 valence electrons. The number of aryl methyl sites for hydroxylation is 2. The predicted molar refractivity (Wildman–Crippen MR) is 222 cm³/mol. The minimum Gasteiger partial charge on any atom is -0.457 e. The van der Waals surface area contributed by atoms with Crippen LogP contribution in [0.15, 0.2) is 122 Å². The number of nitrogens with two attached hydrogens (primary N) is 2. The van der Waals surface area contributed by atoms with E-state index in [9.17, 15) is 14.4 Å². The lowest BCUT2D eigenvalue weighted by Gasteiger charge is -2.10. The number of amides is 4. The summed E-state index contributed by atoms with van der Waals surface area (Å²) < 4.78 is 53.5. The Morgan fingerprint density at radius 3 is 1.50 bits per heavy atom. The van der Waals surface area contributed by atoms with Crippen molar-refractivity contribution in [1.29, 1.82) is 0 Å². The van der Waals surface area contributed by atoms with Crippen molar-refractivity contribution >= 4 is 63.8 Å². The van der Waals surface area contributed by atoms with Gasteiger partial charge in [-0.05, 0) is 122 Å². The summed E-state index contributed by atoms with van der Waals surface area (Å²) in [5, 5.41) is 10.5. The molecule has 0 aliphatic heterocycles. The molecular formula is C41H40Cl2N8O5. The second kappa shape index (κ2) is 20.6. The zero-order valence-electron chi connectivity index (χ0n) is 35.9. The highest BCUT2D eigenvalue weighted by Gasteiger charge is 2.09. The lowest BCUT2D eigenvalue weighted by Crippen LogP contribution is -2.19. The zero-order valence-corrected chi connectivity index (χ0v) is 31.4. The maximum Gasteiger partial charge on any atom is 0.323 e. The fraction of sp³-hybridized carbons (Fsp3) is 0.0976. The monoisotopic (exact) mass is 800 g/mol. The van der Waals surface area contributed by atoms with E-state index in [1.165, 1.54) is 30.6 Å². The minimum atomic E-state index is -2.61. The molecule has 0 fully saturated rings. The fourth-order valence-electron chi connectivity index (χ4n) is 4.42. The maximum atomic E-state index is 12.2. The third-order valence-corrected chi connectivity index (χ3v) is 8.06. The molecular weight excluding hydrogens is 755 g/mol. The Bertz CT molecular complexity index is 2490. The third kappa shape index (κ3) is 13.2. The number of carbonyl (C=O) groups is 3. The van der Waals surface area contributed by atoms with E-state index in [1.807, 2.05) is 30.5 Å². The molecule has 6 aromatic rings. The summed E-state index contributed by atoms with van der Waals surface area (Å²) in [4.78, 5) is 43.5. The van der Waals surface area contributed by atoms with Crippen molar-refractivity contribution in [2.24, 2.45) is 0 Å². The largest absolute Gasteiger partial charge is 0.457 e. The highest BCUT2D eigenvalue weighted by Crippen LogP contribution is 2.25. The van der Waals surface area contributed by atoms with Crippen molar-refractivity contribution in [2.75, 3.05) is 36.1 Å². The minimum absolute atomic E-state index is 0.0425. The maximum absolute atomic E-state index is 12.2. The van der Waals surface area contributed by atoms with E-state index >= 15 is 0 Å². The number of nitrogen functional groups attached to an aromatic ring is 2. The van der Waals surface area contributed by atoms with E-state index in [-0.39, 0.29) is 11.4 Å². The normalized spacial score (nSPS) is 12.0. The van der Waals surface area contributed by atoms with Gasteiger partial charge in [0.15, 0.2) is 0 Å². The van der Waals surface area contributed by atoms with Crippen LogP contribution in [0.5, 0.6) is 23.0 Å². The molecule has 2 aromatic heterocycles. The third-order valence-electron chi connectivity index (χ3n) is 7.22. The van der Waals surface area contributed by atoms with E-state index in [0.717, 1.165) is 21.8 Å². The molecule has 0 spiro atoms. The second-order valence-electron chi connectivity index (χ2n) is 11.5. The topological polar surface area (TPSA) is 196 Å². The molecule has 4 amide bonds. The van der Waals surface area contributed by atoms with Gasteiger partial charge in [0.2, 0.25) is 0 Å². The van der Waals surface area contributed by atoms with Crippen molar-refractivity contribution in [3.8, 4) is 23.0 Å².